The second kappa shape index (κ2) is 9.48. The van der Waals surface area contributed by atoms with E-state index in [0.29, 0.717) is 0 Å². The Balaban J connectivity index is 0.000000209. The lowest BCUT2D eigenvalue weighted by atomic mass is 10.1. The Morgan fingerprint density at radius 1 is 0.679 bits per heavy atom. The lowest BCUT2D eigenvalue weighted by molar-refractivity contribution is 0.0681. The molecule has 3 aromatic carbocycles. The standard InChI is InChI=1S/C15H18N.C8H6O4/c1-16(2,15-11-7-4-8-12-15)13-14-9-5-3-6-10-14;9-7(10)5-1-2-6(4-3-5)8(11)12/h3-12H,13H2,1-2H3;1-4H,(H,9,10)(H,11,12)/q+1;. The third-order valence-corrected chi connectivity index (χ3v) is 4.25. The molecule has 0 spiro atoms. The van der Waals surface area contributed by atoms with Gasteiger partial charge in [-0.1, -0.05) is 48.5 Å². The molecule has 0 unspecified atom stereocenters. The number of rotatable bonds is 5. The fourth-order valence-electron chi connectivity index (χ4n) is 2.72. The predicted octanol–water partition coefficient (Wildman–Crippen LogP) is 4.54. The van der Waals surface area contributed by atoms with E-state index in [9.17, 15) is 9.59 Å². The number of hydrogen-bond donors (Lipinski definition) is 2. The number of quaternary nitrogens is 1. The average Bonchev–Trinajstić information content (AvgIpc) is 2.69. The number of carboxylic acids is 2. The molecule has 0 fully saturated rings. The molecule has 0 aliphatic rings. The molecule has 0 saturated carbocycles. The van der Waals surface area contributed by atoms with E-state index in [0.717, 1.165) is 11.0 Å². The van der Waals surface area contributed by atoms with Gasteiger partial charge in [0, 0.05) is 5.56 Å². The van der Waals surface area contributed by atoms with Crippen LogP contribution in [-0.4, -0.2) is 36.2 Å². The molecule has 0 heterocycles. The van der Waals surface area contributed by atoms with Crippen LogP contribution >= 0.6 is 0 Å². The van der Waals surface area contributed by atoms with Crippen molar-refractivity contribution in [3.8, 4) is 0 Å². The Morgan fingerprint density at radius 2 is 1.07 bits per heavy atom. The summed E-state index contributed by atoms with van der Waals surface area (Å²) in [5, 5.41) is 16.9. The quantitative estimate of drug-likeness (QED) is 0.640. The van der Waals surface area contributed by atoms with Gasteiger partial charge in [-0.05, 0) is 36.4 Å². The molecule has 3 aromatic rings. The highest BCUT2D eigenvalue weighted by Crippen LogP contribution is 2.21. The number of benzene rings is 3. The Hall–Kier alpha value is -3.44. The number of carboxylic acid groups (broad SMARTS) is 2. The second-order valence-corrected chi connectivity index (χ2v) is 6.85. The maximum atomic E-state index is 10.3. The molecule has 0 radical (unpaired) electrons. The molecule has 0 aromatic heterocycles. The Labute approximate surface area is 164 Å². The van der Waals surface area contributed by atoms with Crippen LogP contribution in [0.5, 0.6) is 0 Å². The molecule has 0 bridgehead atoms. The first-order valence-corrected chi connectivity index (χ1v) is 8.79. The highest BCUT2D eigenvalue weighted by molar-refractivity contribution is 5.91. The zero-order valence-electron chi connectivity index (χ0n) is 15.9. The number of carbonyl (C=O) groups is 2. The lowest BCUT2D eigenvalue weighted by Crippen LogP contribution is -2.39. The van der Waals surface area contributed by atoms with Crippen LogP contribution in [0.1, 0.15) is 26.3 Å². The molecule has 5 nitrogen and oxygen atoms in total. The highest BCUT2D eigenvalue weighted by atomic mass is 16.4. The van der Waals surface area contributed by atoms with Gasteiger partial charge in [0.05, 0.1) is 25.2 Å². The third kappa shape index (κ3) is 6.07. The summed E-state index contributed by atoms with van der Waals surface area (Å²) >= 11 is 0. The van der Waals surface area contributed by atoms with Crippen LogP contribution in [0.4, 0.5) is 5.69 Å². The van der Waals surface area contributed by atoms with Crippen LogP contribution < -0.4 is 4.48 Å². The van der Waals surface area contributed by atoms with E-state index in [4.69, 9.17) is 10.2 Å². The first-order chi connectivity index (χ1) is 13.3. The molecule has 144 valence electrons. The van der Waals surface area contributed by atoms with E-state index in [1.54, 1.807) is 0 Å². The summed E-state index contributed by atoms with van der Waals surface area (Å²) in [4.78, 5) is 20.7. The maximum absolute atomic E-state index is 10.3. The topological polar surface area (TPSA) is 74.6 Å². The number of para-hydroxylation sites is 1. The molecule has 0 aliphatic carbocycles. The minimum absolute atomic E-state index is 0.0833. The molecule has 0 atom stereocenters. The molecule has 5 heteroatoms. The van der Waals surface area contributed by atoms with Gasteiger partial charge in [0.15, 0.2) is 0 Å². The van der Waals surface area contributed by atoms with Gasteiger partial charge in [-0.15, -0.1) is 0 Å². The van der Waals surface area contributed by atoms with Crippen LogP contribution in [0.25, 0.3) is 0 Å². The first-order valence-electron chi connectivity index (χ1n) is 8.79. The minimum Gasteiger partial charge on any atom is -0.478 e. The minimum atomic E-state index is -1.06. The van der Waals surface area contributed by atoms with Crippen molar-refractivity contribution in [2.75, 3.05) is 14.1 Å². The van der Waals surface area contributed by atoms with Gasteiger partial charge in [0.25, 0.3) is 0 Å². The zero-order valence-corrected chi connectivity index (χ0v) is 15.9. The molecule has 0 amide bonds. The van der Waals surface area contributed by atoms with Crippen molar-refractivity contribution in [2.45, 2.75) is 6.54 Å². The summed E-state index contributed by atoms with van der Waals surface area (Å²) in [7, 11) is 4.48. The zero-order chi connectivity index (χ0) is 20.6. The molecular formula is C23H24NO4+. The van der Waals surface area contributed by atoms with Crippen molar-refractivity contribution in [1.82, 2.24) is 4.48 Å². The highest BCUT2D eigenvalue weighted by Gasteiger charge is 2.18. The van der Waals surface area contributed by atoms with Crippen LogP contribution in [-0.2, 0) is 6.54 Å². The SMILES string of the molecule is C[N+](C)(Cc1ccccc1)c1ccccc1.O=C(O)c1ccc(C(=O)O)cc1. The normalized spacial score (nSPS) is 10.5. The largest absolute Gasteiger partial charge is 0.478 e. The van der Waals surface area contributed by atoms with Crippen LogP contribution in [0.15, 0.2) is 84.9 Å². The number of aromatic carboxylic acids is 2. The Morgan fingerprint density at radius 3 is 1.46 bits per heavy atom. The van der Waals surface area contributed by atoms with Crippen LogP contribution in [0.2, 0.25) is 0 Å². The van der Waals surface area contributed by atoms with E-state index in [1.807, 2.05) is 0 Å². The van der Waals surface area contributed by atoms with Crippen LogP contribution in [0, 0.1) is 0 Å². The van der Waals surface area contributed by atoms with E-state index >= 15 is 0 Å². The average molecular weight is 378 g/mol. The summed E-state index contributed by atoms with van der Waals surface area (Å²) < 4.78 is 0.880. The van der Waals surface area contributed by atoms with Gasteiger partial charge in [0.1, 0.15) is 12.2 Å². The predicted molar refractivity (Wildman–Crippen MR) is 111 cm³/mol. The second-order valence-electron chi connectivity index (χ2n) is 6.85. The number of nitrogens with zero attached hydrogens (tertiary/aromatic N) is 1. The first kappa shape index (κ1) is 20.9. The van der Waals surface area contributed by atoms with Crippen molar-refractivity contribution in [1.29, 1.82) is 0 Å². The van der Waals surface area contributed by atoms with Crippen LogP contribution in [0.3, 0.4) is 0 Å². The van der Waals surface area contributed by atoms with Crippen molar-refractivity contribution in [3.63, 3.8) is 0 Å². The summed E-state index contributed by atoms with van der Waals surface area (Å²) in [6, 6.07) is 26.3. The summed E-state index contributed by atoms with van der Waals surface area (Å²) in [6.45, 7) is 1.02. The number of hydrogen-bond acceptors (Lipinski definition) is 2. The van der Waals surface area contributed by atoms with Crippen molar-refractivity contribution >= 4 is 17.6 Å². The van der Waals surface area contributed by atoms with E-state index in [2.05, 4.69) is 74.8 Å². The Bertz CT molecular complexity index is 871. The maximum Gasteiger partial charge on any atom is 0.335 e. The van der Waals surface area contributed by atoms with Gasteiger partial charge in [-0.2, -0.15) is 0 Å². The van der Waals surface area contributed by atoms with E-state index < -0.39 is 11.9 Å². The monoisotopic (exact) mass is 378 g/mol. The molecule has 3 rings (SSSR count). The molecule has 28 heavy (non-hydrogen) atoms. The van der Waals surface area contributed by atoms with Gasteiger partial charge in [-0.25, -0.2) is 9.59 Å². The van der Waals surface area contributed by atoms with Gasteiger partial charge >= 0.3 is 11.9 Å². The fourth-order valence-corrected chi connectivity index (χ4v) is 2.72. The van der Waals surface area contributed by atoms with Crippen molar-refractivity contribution in [3.05, 3.63) is 102 Å². The van der Waals surface area contributed by atoms with Crippen molar-refractivity contribution < 1.29 is 19.8 Å². The third-order valence-electron chi connectivity index (χ3n) is 4.25. The smallest absolute Gasteiger partial charge is 0.335 e. The summed E-state index contributed by atoms with van der Waals surface area (Å²) in [5.41, 5.74) is 2.88. The van der Waals surface area contributed by atoms with E-state index in [-0.39, 0.29) is 11.1 Å². The van der Waals surface area contributed by atoms with E-state index in [1.165, 1.54) is 35.5 Å². The van der Waals surface area contributed by atoms with Gasteiger partial charge in [0.2, 0.25) is 0 Å². The molecule has 0 saturated heterocycles. The Kier molecular flexibility index (Phi) is 7.07. The summed E-state index contributed by atoms with van der Waals surface area (Å²) in [6.07, 6.45) is 0. The molecule has 2 N–H and O–H groups in total. The molecule has 0 aliphatic heterocycles. The summed E-state index contributed by atoms with van der Waals surface area (Å²) in [5.74, 6) is -2.13. The fraction of sp³-hybridized carbons (Fsp3) is 0.130. The molecular weight excluding hydrogens is 354 g/mol. The van der Waals surface area contributed by atoms with Crippen molar-refractivity contribution in [2.24, 2.45) is 0 Å². The van der Waals surface area contributed by atoms with Gasteiger partial charge in [-0.3, -0.25) is 4.48 Å². The van der Waals surface area contributed by atoms with Gasteiger partial charge < -0.3 is 10.2 Å². The lowest BCUT2D eigenvalue weighted by Gasteiger charge is -2.29.